The molecule has 8 N–H and O–H groups in total. The number of nitrogens with two attached hydrogens (primary N) is 3. The highest BCUT2D eigenvalue weighted by Crippen LogP contribution is 2.26. The zero-order chi connectivity index (χ0) is 14.5. The molecule has 0 atom stereocenters. The minimum absolute atomic E-state index is 0.0358. The number of hydrogen-bond donors (Lipinski definition) is 5. The van der Waals surface area contributed by atoms with E-state index < -0.39 is 0 Å². The van der Waals surface area contributed by atoms with Gasteiger partial charge in [-0.3, -0.25) is 0 Å². The lowest BCUT2D eigenvalue weighted by atomic mass is 10.0. The Morgan fingerprint density at radius 1 is 0.850 bits per heavy atom. The highest BCUT2D eigenvalue weighted by molar-refractivity contribution is 5.68. The van der Waals surface area contributed by atoms with Crippen LogP contribution in [0.3, 0.4) is 0 Å². The molecule has 106 valence electrons. The SMILES string of the molecule is Nc1ccccc1NCc1c(N)ccc(N)c1CCO. The molecule has 0 radical (unpaired) electrons. The summed E-state index contributed by atoms with van der Waals surface area (Å²) in [4.78, 5) is 0. The number of aliphatic hydroxyl groups excluding tert-OH is 1. The number of nitrogens with one attached hydrogen (secondary N) is 1. The van der Waals surface area contributed by atoms with Crippen LogP contribution in [0.25, 0.3) is 0 Å². The lowest BCUT2D eigenvalue weighted by Gasteiger charge is -2.16. The Hall–Kier alpha value is -2.40. The van der Waals surface area contributed by atoms with E-state index in [0.29, 0.717) is 30.0 Å². The van der Waals surface area contributed by atoms with E-state index in [0.717, 1.165) is 16.8 Å². The summed E-state index contributed by atoms with van der Waals surface area (Å²) in [7, 11) is 0. The first-order valence-corrected chi connectivity index (χ1v) is 6.48. The molecule has 0 amide bonds. The molecule has 0 aliphatic rings. The molecule has 2 aromatic rings. The van der Waals surface area contributed by atoms with Crippen LogP contribution in [0.5, 0.6) is 0 Å². The van der Waals surface area contributed by atoms with Gasteiger partial charge in [-0.2, -0.15) is 0 Å². The number of nitrogen functional groups attached to an aromatic ring is 3. The molecule has 2 aromatic carbocycles. The van der Waals surface area contributed by atoms with Gasteiger partial charge in [0.2, 0.25) is 0 Å². The first kappa shape index (κ1) is 14.0. The van der Waals surface area contributed by atoms with Crippen LogP contribution in [0.15, 0.2) is 36.4 Å². The lowest BCUT2D eigenvalue weighted by Crippen LogP contribution is -2.11. The van der Waals surface area contributed by atoms with Gasteiger partial charge < -0.3 is 27.6 Å². The van der Waals surface area contributed by atoms with Crippen LogP contribution in [0, 0.1) is 0 Å². The highest BCUT2D eigenvalue weighted by Gasteiger charge is 2.10. The van der Waals surface area contributed by atoms with Crippen LogP contribution in [-0.4, -0.2) is 11.7 Å². The Morgan fingerprint density at radius 2 is 1.50 bits per heavy atom. The quantitative estimate of drug-likeness (QED) is 0.531. The van der Waals surface area contributed by atoms with Gasteiger partial charge in [0.05, 0.1) is 11.4 Å². The van der Waals surface area contributed by atoms with Crippen molar-refractivity contribution in [3.63, 3.8) is 0 Å². The average molecular weight is 272 g/mol. The van der Waals surface area contributed by atoms with Crippen LogP contribution in [-0.2, 0) is 13.0 Å². The van der Waals surface area contributed by atoms with E-state index in [1.165, 1.54) is 0 Å². The molecule has 0 heterocycles. The fourth-order valence-electron chi connectivity index (χ4n) is 2.19. The zero-order valence-corrected chi connectivity index (χ0v) is 11.3. The second-order valence-corrected chi connectivity index (χ2v) is 4.62. The maximum absolute atomic E-state index is 9.15. The van der Waals surface area contributed by atoms with Crippen molar-refractivity contribution in [1.82, 2.24) is 0 Å². The summed E-state index contributed by atoms with van der Waals surface area (Å²) in [5, 5.41) is 12.4. The maximum atomic E-state index is 9.15. The third-order valence-corrected chi connectivity index (χ3v) is 3.28. The predicted octanol–water partition coefficient (Wildman–Crippen LogP) is 1.58. The molecule has 0 fully saturated rings. The molecule has 20 heavy (non-hydrogen) atoms. The molecule has 0 bridgehead atoms. The minimum atomic E-state index is 0.0358. The molecule has 5 heteroatoms. The summed E-state index contributed by atoms with van der Waals surface area (Å²) in [6.45, 7) is 0.550. The zero-order valence-electron chi connectivity index (χ0n) is 11.3. The molecule has 5 nitrogen and oxygen atoms in total. The average Bonchev–Trinajstić information content (AvgIpc) is 2.44. The van der Waals surface area contributed by atoms with Crippen molar-refractivity contribution >= 4 is 22.7 Å². The van der Waals surface area contributed by atoms with Gasteiger partial charge in [0.25, 0.3) is 0 Å². The van der Waals surface area contributed by atoms with Crippen molar-refractivity contribution in [3.8, 4) is 0 Å². The molecule has 0 aliphatic carbocycles. The van der Waals surface area contributed by atoms with Crippen LogP contribution in [0.1, 0.15) is 11.1 Å². The second kappa shape index (κ2) is 6.16. The fourth-order valence-corrected chi connectivity index (χ4v) is 2.19. The topological polar surface area (TPSA) is 110 Å². The molecular weight excluding hydrogens is 252 g/mol. The van der Waals surface area contributed by atoms with Crippen molar-refractivity contribution in [3.05, 3.63) is 47.5 Å². The van der Waals surface area contributed by atoms with Crippen LogP contribution in [0.4, 0.5) is 22.7 Å². The van der Waals surface area contributed by atoms with E-state index in [1.54, 1.807) is 12.1 Å². The molecule has 0 aliphatic heterocycles. The van der Waals surface area contributed by atoms with Gasteiger partial charge in [-0.25, -0.2) is 0 Å². The van der Waals surface area contributed by atoms with Crippen molar-refractivity contribution in [2.75, 3.05) is 29.1 Å². The number of hydrogen-bond acceptors (Lipinski definition) is 5. The van der Waals surface area contributed by atoms with Crippen LogP contribution >= 0.6 is 0 Å². The van der Waals surface area contributed by atoms with Crippen molar-refractivity contribution in [1.29, 1.82) is 0 Å². The smallest absolute Gasteiger partial charge is 0.0576 e. The Bertz CT molecular complexity index is 598. The standard InChI is InChI=1S/C15H20N4O/c16-12-5-6-13(17)11(10(12)7-8-20)9-19-15-4-2-1-3-14(15)18/h1-6,19-20H,7-9,16-18H2. The Balaban J connectivity index is 2.25. The van der Waals surface area contributed by atoms with E-state index in [1.807, 2.05) is 24.3 Å². The third kappa shape index (κ3) is 2.95. The Labute approximate surface area is 118 Å². The van der Waals surface area contributed by atoms with Gasteiger partial charge in [0.15, 0.2) is 0 Å². The predicted molar refractivity (Wildman–Crippen MR) is 84.2 cm³/mol. The number of benzene rings is 2. The van der Waals surface area contributed by atoms with Crippen molar-refractivity contribution in [2.45, 2.75) is 13.0 Å². The summed E-state index contributed by atoms with van der Waals surface area (Å²) >= 11 is 0. The molecule has 0 aromatic heterocycles. The molecule has 0 saturated heterocycles. The Kier molecular flexibility index (Phi) is 4.32. The van der Waals surface area contributed by atoms with Crippen LogP contribution in [0.2, 0.25) is 0 Å². The molecule has 0 unspecified atom stereocenters. The van der Waals surface area contributed by atoms with E-state index >= 15 is 0 Å². The van der Waals surface area contributed by atoms with Gasteiger partial charge in [0.1, 0.15) is 0 Å². The van der Waals surface area contributed by atoms with E-state index in [2.05, 4.69) is 5.32 Å². The van der Waals surface area contributed by atoms with E-state index in [9.17, 15) is 0 Å². The second-order valence-electron chi connectivity index (χ2n) is 4.62. The molecular formula is C15H20N4O. The summed E-state index contributed by atoms with van der Waals surface area (Å²) in [6.07, 6.45) is 0.484. The number of rotatable bonds is 5. The normalized spacial score (nSPS) is 10.4. The van der Waals surface area contributed by atoms with Gasteiger partial charge in [-0.1, -0.05) is 12.1 Å². The van der Waals surface area contributed by atoms with Gasteiger partial charge in [0, 0.05) is 24.5 Å². The lowest BCUT2D eigenvalue weighted by molar-refractivity contribution is 0.299. The number of anilines is 4. The monoisotopic (exact) mass is 272 g/mol. The summed E-state index contributed by atoms with van der Waals surface area (Å²) < 4.78 is 0. The molecule has 2 rings (SSSR count). The van der Waals surface area contributed by atoms with Crippen molar-refractivity contribution < 1.29 is 5.11 Å². The maximum Gasteiger partial charge on any atom is 0.0576 e. The van der Waals surface area contributed by atoms with Gasteiger partial charge >= 0.3 is 0 Å². The summed E-state index contributed by atoms with van der Waals surface area (Å²) in [5.74, 6) is 0. The highest BCUT2D eigenvalue weighted by atomic mass is 16.2. The Morgan fingerprint density at radius 3 is 2.15 bits per heavy atom. The third-order valence-electron chi connectivity index (χ3n) is 3.28. The first-order valence-electron chi connectivity index (χ1n) is 6.48. The van der Waals surface area contributed by atoms with Crippen LogP contribution < -0.4 is 22.5 Å². The van der Waals surface area contributed by atoms with Gasteiger partial charge in [-0.05, 0) is 41.8 Å². The fraction of sp³-hybridized carbons (Fsp3) is 0.200. The largest absolute Gasteiger partial charge is 0.398 e. The van der Waals surface area contributed by atoms with E-state index in [-0.39, 0.29) is 6.61 Å². The van der Waals surface area contributed by atoms with Gasteiger partial charge in [-0.15, -0.1) is 0 Å². The summed E-state index contributed by atoms with van der Waals surface area (Å²) in [5.41, 5.74) is 22.5. The number of para-hydroxylation sites is 2. The number of aliphatic hydroxyl groups is 1. The molecule has 0 saturated carbocycles. The van der Waals surface area contributed by atoms with Crippen molar-refractivity contribution in [2.24, 2.45) is 0 Å². The molecule has 0 spiro atoms. The summed E-state index contributed by atoms with van der Waals surface area (Å²) in [6, 6.07) is 11.1. The first-order chi connectivity index (χ1) is 9.63. The minimum Gasteiger partial charge on any atom is -0.398 e. The van der Waals surface area contributed by atoms with E-state index in [4.69, 9.17) is 22.3 Å².